The van der Waals surface area contributed by atoms with E-state index in [9.17, 15) is 0 Å². The van der Waals surface area contributed by atoms with Crippen LogP contribution in [-0.4, -0.2) is 20.1 Å². The van der Waals surface area contributed by atoms with E-state index in [2.05, 4.69) is 223 Å². The van der Waals surface area contributed by atoms with Crippen LogP contribution in [0.25, 0.3) is 0 Å². The number of nitrogens with zero attached hydrogens (tertiary/aromatic N) is 3. The average Bonchev–Trinajstić information content (AvgIpc) is 0.714. The SMILES string of the molecule is Cc1cc(C)c(N2c3cc4c(cc3B3c5ccccc5N(c5ccccc5)c5cc(C6CCCCC6)cc2c53)B2c3cc5c(cc3Oc3cc(C6CCCCC6)cc(c32)O4)Nc2cc(C3CCCCC3)cc3c2B5c2ccccc2N3c2ccccc2)c(C)c1. The summed E-state index contributed by atoms with van der Waals surface area (Å²) in [5.74, 6) is 5.22. The molecule has 9 heteroatoms. The summed E-state index contributed by atoms with van der Waals surface area (Å²) in [6.45, 7) is 6.67. The number of anilines is 11. The van der Waals surface area contributed by atoms with Gasteiger partial charge in [-0.1, -0.05) is 160 Å². The third kappa shape index (κ3) is 8.05. The molecule has 0 unspecified atom stereocenters. The van der Waals surface area contributed by atoms with Crippen LogP contribution >= 0.6 is 0 Å². The first-order chi connectivity index (χ1) is 44.4. The van der Waals surface area contributed by atoms with Gasteiger partial charge in [0.1, 0.15) is 23.0 Å². The van der Waals surface area contributed by atoms with E-state index in [0.717, 1.165) is 34.1 Å². The quantitative estimate of drug-likeness (QED) is 0.167. The molecule has 19 rings (SSSR count). The highest BCUT2D eigenvalue weighted by atomic mass is 16.5. The molecule has 0 amide bonds. The number of benzene rings is 10. The Balaban J connectivity index is 0.861. The van der Waals surface area contributed by atoms with E-state index in [1.54, 1.807) is 0 Å². The predicted octanol–water partition coefficient (Wildman–Crippen LogP) is 15.9. The van der Waals surface area contributed by atoms with Crippen LogP contribution < -0.4 is 78.7 Å². The number of ether oxygens (including phenoxy) is 2. The summed E-state index contributed by atoms with van der Waals surface area (Å²) in [7, 11) is 0. The van der Waals surface area contributed by atoms with Crippen molar-refractivity contribution in [3.05, 3.63) is 215 Å². The van der Waals surface area contributed by atoms with E-state index in [0.29, 0.717) is 17.8 Å². The number of aryl methyl sites for hydroxylation is 3. The Hall–Kier alpha value is -8.81. The molecule has 3 aliphatic carbocycles. The molecule has 6 aliphatic heterocycles. The van der Waals surface area contributed by atoms with Gasteiger partial charge in [-0.2, -0.15) is 0 Å². The summed E-state index contributed by atoms with van der Waals surface area (Å²) in [5, 5.41) is 4.19. The van der Waals surface area contributed by atoms with Gasteiger partial charge in [0, 0.05) is 74.5 Å². The summed E-state index contributed by atoms with van der Waals surface area (Å²) >= 11 is 0. The molecule has 1 N–H and O–H groups in total. The highest BCUT2D eigenvalue weighted by Gasteiger charge is 2.50. The smallest absolute Gasteiger partial charge is 0.260 e. The van der Waals surface area contributed by atoms with E-state index < -0.39 is 0 Å². The standard InChI is InChI=1S/C81H73B3N4O2/c1-49-37-50(2)81(51(3)38-49)88-70-48-75-65(46-63(70)83-61-34-20-22-36-69(61)87(59-31-17-8-18-32-59)72-41-56(42-73(88)79(72)83)53-25-11-5-12-26-53)84-64-45-62-66(47-74(64)89-76-43-57(44-77(90-75)80(76)84)54-27-13-6-14-28-54)85-67-39-55(52-23-9-4-10-24-52)40-71-78(67)82(62)60-33-19-21-35-68(60)86(71)58-29-15-7-16-30-58/h7-8,15-22,29-48,52-54,85H,4-6,9-14,23-28H2,1-3H3. The summed E-state index contributed by atoms with van der Waals surface area (Å²) in [4.78, 5) is 7.84. The van der Waals surface area contributed by atoms with E-state index in [1.165, 1.54) is 230 Å². The van der Waals surface area contributed by atoms with Gasteiger partial charge in [0.15, 0.2) is 0 Å². The lowest BCUT2D eigenvalue weighted by molar-refractivity contribution is 0.433. The van der Waals surface area contributed by atoms with Crippen LogP contribution in [0.15, 0.2) is 182 Å². The van der Waals surface area contributed by atoms with Gasteiger partial charge in [-0.15, -0.1) is 0 Å². The molecule has 90 heavy (non-hydrogen) atoms. The first-order valence-corrected chi connectivity index (χ1v) is 34.1. The van der Waals surface area contributed by atoms with Crippen molar-refractivity contribution in [2.24, 2.45) is 0 Å². The van der Waals surface area contributed by atoms with Crippen molar-refractivity contribution < 1.29 is 9.47 Å². The largest absolute Gasteiger partial charge is 0.458 e. The molecular formula is C81H73B3N4O2. The first kappa shape index (κ1) is 53.1. The van der Waals surface area contributed by atoms with Crippen LogP contribution in [0.3, 0.4) is 0 Å². The molecule has 0 saturated heterocycles. The number of nitrogens with one attached hydrogen (secondary N) is 1. The molecule has 3 saturated carbocycles. The van der Waals surface area contributed by atoms with Crippen LogP contribution in [0.4, 0.5) is 62.6 Å². The van der Waals surface area contributed by atoms with Crippen molar-refractivity contribution in [3.63, 3.8) is 0 Å². The van der Waals surface area contributed by atoms with E-state index >= 15 is 0 Å². The number of hydrogen-bond donors (Lipinski definition) is 1. The van der Waals surface area contributed by atoms with Crippen LogP contribution in [-0.2, 0) is 0 Å². The average molecular weight is 1170 g/mol. The molecular weight excluding hydrogens is 1090 g/mol. The van der Waals surface area contributed by atoms with Gasteiger partial charge in [-0.05, 0) is 221 Å². The maximum Gasteiger partial charge on any atom is 0.260 e. The number of hydrogen-bond acceptors (Lipinski definition) is 6. The molecule has 9 aliphatic rings. The van der Waals surface area contributed by atoms with Crippen molar-refractivity contribution in [1.29, 1.82) is 0 Å². The highest BCUT2D eigenvalue weighted by Crippen LogP contribution is 2.51. The Labute approximate surface area is 531 Å². The van der Waals surface area contributed by atoms with Gasteiger partial charge in [0.2, 0.25) is 0 Å². The zero-order valence-corrected chi connectivity index (χ0v) is 52.0. The lowest BCUT2D eigenvalue weighted by Gasteiger charge is -2.46. The summed E-state index contributed by atoms with van der Waals surface area (Å²) in [5.41, 5.74) is 33.1. The summed E-state index contributed by atoms with van der Waals surface area (Å²) < 4.78 is 15.3. The molecule has 438 valence electrons. The minimum absolute atomic E-state index is 0.0141. The van der Waals surface area contributed by atoms with Gasteiger partial charge < -0.3 is 29.5 Å². The molecule has 0 bridgehead atoms. The maximum atomic E-state index is 7.71. The third-order valence-electron chi connectivity index (χ3n) is 22.7. The van der Waals surface area contributed by atoms with Gasteiger partial charge in [0.25, 0.3) is 20.1 Å². The third-order valence-corrected chi connectivity index (χ3v) is 22.7. The van der Waals surface area contributed by atoms with E-state index in [1.807, 2.05) is 0 Å². The minimum Gasteiger partial charge on any atom is -0.458 e. The van der Waals surface area contributed by atoms with E-state index in [-0.39, 0.29) is 20.1 Å². The van der Waals surface area contributed by atoms with Crippen molar-refractivity contribution in [1.82, 2.24) is 0 Å². The Kier molecular flexibility index (Phi) is 12.2. The molecule has 0 spiro atoms. The highest BCUT2D eigenvalue weighted by molar-refractivity contribution is 7.03. The minimum atomic E-state index is -0.168. The van der Waals surface area contributed by atoms with Crippen LogP contribution in [0.2, 0.25) is 0 Å². The van der Waals surface area contributed by atoms with Crippen molar-refractivity contribution in [3.8, 4) is 23.0 Å². The molecule has 0 atom stereocenters. The van der Waals surface area contributed by atoms with Gasteiger partial charge in [-0.25, -0.2) is 0 Å². The fourth-order valence-corrected chi connectivity index (χ4v) is 18.8. The van der Waals surface area contributed by atoms with Crippen molar-refractivity contribution in [2.75, 3.05) is 20.0 Å². The van der Waals surface area contributed by atoms with Gasteiger partial charge in [0.05, 0.1) is 5.69 Å². The Morgan fingerprint density at radius 1 is 0.333 bits per heavy atom. The molecule has 10 aromatic rings. The fourth-order valence-electron chi connectivity index (χ4n) is 18.8. The Morgan fingerprint density at radius 3 is 1.33 bits per heavy atom. The molecule has 0 aromatic heterocycles. The molecule has 6 nitrogen and oxygen atoms in total. The van der Waals surface area contributed by atoms with Crippen LogP contribution in [0, 0.1) is 20.8 Å². The second-order valence-electron chi connectivity index (χ2n) is 28.0. The van der Waals surface area contributed by atoms with Crippen molar-refractivity contribution >= 4 is 132 Å². The maximum absolute atomic E-state index is 7.71. The van der Waals surface area contributed by atoms with Crippen LogP contribution in [0.1, 0.15) is 147 Å². The summed E-state index contributed by atoms with van der Waals surface area (Å²) in [6, 6.07) is 70.9. The predicted molar refractivity (Wildman–Crippen MR) is 379 cm³/mol. The summed E-state index contributed by atoms with van der Waals surface area (Å²) in [6.07, 6.45) is 18.8. The fraction of sp³-hybridized carbons (Fsp3) is 0.259. The Morgan fingerprint density at radius 2 is 0.778 bits per heavy atom. The molecule has 10 aromatic carbocycles. The topological polar surface area (TPSA) is 40.2 Å². The number of rotatable bonds is 6. The number of fused-ring (bicyclic) bond motifs is 12. The Bertz CT molecular complexity index is 4600. The molecule has 0 radical (unpaired) electrons. The first-order valence-electron chi connectivity index (χ1n) is 34.1. The number of para-hydroxylation sites is 4. The lowest BCUT2D eigenvalue weighted by Crippen LogP contribution is -2.65. The van der Waals surface area contributed by atoms with Gasteiger partial charge >= 0.3 is 0 Å². The molecule has 3 fully saturated rings. The monoisotopic (exact) mass is 1170 g/mol. The molecule has 6 heterocycles. The van der Waals surface area contributed by atoms with Crippen molar-refractivity contribution in [2.45, 2.75) is 135 Å². The van der Waals surface area contributed by atoms with Gasteiger partial charge in [-0.3, -0.25) is 0 Å². The van der Waals surface area contributed by atoms with E-state index in [4.69, 9.17) is 9.47 Å². The normalized spacial score (nSPS) is 17.5. The zero-order chi connectivity index (χ0) is 59.5. The second kappa shape index (κ2) is 20.6. The van der Waals surface area contributed by atoms with Crippen LogP contribution in [0.5, 0.6) is 23.0 Å². The second-order valence-corrected chi connectivity index (χ2v) is 28.0. The lowest BCUT2D eigenvalue weighted by atomic mass is 9.29. The zero-order valence-electron chi connectivity index (χ0n) is 52.0.